The van der Waals surface area contributed by atoms with E-state index in [1.807, 2.05) is 6.07 Å². The van der Waals surface area contributed by atoms with Gasteiger partial charge in [0.25, 0.3) is 5.91 Å². The number of amides is 1. The van der Waals surface area contributed by atoms with Crippen molar-refractivity contribution in [3.63, 3.8) is 0 Å². The van der Waals surface area contributed by atoms with Gasteiger partial charge in [0.05, 0.1) is 11.8 Å². The molecular weight excluding hydrogens is 271 g/mol. The number of aromatic amines is 1. The zero-order chi connectivity index (χ0) is 15.6. The van der Waals surface area contributed by atoms with E-state index in [1.165, 1.54) is 6.07 Å². The average Bonchev–Trinajstić information content (AvgIpc) is 2.91. The van der Waals surface area contributed by atoms with Gasteiger partial charge >= 0.3 is 0 Å². The highest BCUT2D eigenvalue weighted by molar-refractivity contribution is 5.94. The van der Waals surface area contributed by atoms with Crippen molar-refractivity contribution in [1.29, 1.82) is 5.26 Å². The second-order valence-corrected chi connectivity index (χ2v) is 5.32. The van der Waals surface area contributed by atoms with E-state index in [1.54, 1.807) is 39.0 Å². The maximum absolute atomic E-state index is 13.2. The molecule has 1 amide bonds. The van der Waals surface area contributed by atoms with Gasteiger partial charge in [0.15, 0.2) is 0 Å². The molecule has 21 heavy (non-hydrogen) atoms. The molecule has 0 aliphatic carbocycles. The highest BCUT2D eigenvalue weighted by Gasteiger charge is 2.21. The second kappa shape index (κ2) is 5.37. The molecule has 2 rings (SSSR count). The molecule has 108 valence electrons. The number of nitriles is 1. The normalized spacial score (nSPS) is 11.0. The summed E-state index contributed by atoms with van der Waals surface area (Å²) >= 11 is 0. The molecule has 0 bridgehead atoms. The Morgan fingerprint density at radius 2 is 2.14 bits per heavy atom. The van der Waals surface area contributed by atoms with E-state index >= 15 is 0 Å². The lowest BCUT2D eigenvalue weighted by Crippen LogP contribution is -2.42. The number of carbonyl (C=O) groups is 1. The molecule has 1 heterocycles. The van der Waals surface area contributed by atoms with Crippen molar-refractivity contribution in [3.05, 3.63) is 41.3 Å². The predicted octanol–water partition coefficient (Wildman–Crippen LogP) is 2.56. The first-order chi connectivity index (χ1) is 9.82. The number of benzene rings is 1. The van der Waals surface area contributed by atoms with Crippen LogP contribution in [0.3, 0.4) is 0 Å². The van der Waals surface area contributed by atoms with Crippen LogP contribution < -0.4 is 5.32 Å². The van der Waals surface area contributed by atoms with Crippen LogP contribution in [0, 0.1) is 24.1 Å². The number of hydrogen-bond donors (Lipinski definition) is 2. The molecule has 0 fully saturated rings. The Bertz CT molecular complexity index is 728. The third kappa shape index (κ3) is 3.26. The van der Waals surface area contributed by atoms with E-state index in [0.717, 1.165) is 0 Å². The maximum atomic E-state index is 13.2. The third-order valence-corrected chi connectivity index (χ3v) is 2.98. The molecular formula is C15H15FN4O. The summed E-state index contributed by atoms with van der Waals surface area (Å²) in [5, 5.41) is 18.1. The van der Waals surface area contributed by atoms with Crippen LogP contribution in [0.4, 0.5) is 4.39 Å². The number of aromatic nitrogens is 2. The molecule has 0 radical (unpaired) electrons. The average molecular weight is 286 g/mol. The van der Waals surface area contributed by atoms with E-state index in [4.69, 9.17) is 5.26 Å². The zero-order valence-electron chi connectivity index (χ0n) is 12.0. The van der Waals surface area contributed by atoms with Gasteiger partial charge in [-0.05, 0) is 50.6 Å². The fraction of sp³-hybridized carbons (Fsp3) is 0.267. The van der Waals surface area contributed by atoms with Crippen molar-refractivity contribution in [2.45, 2.75) is 26.3 Å². The molecule has 2 N–H and O–H groups in total. The van der Waals surface area contributed by atoms with Crippen molar-refractivity contribution in [2.24, 2.45) is 0 Å². The van der Waals surface area contributed by atoms with Crippen molar-refractivity contribution in [3.8, 4) is 17.3 Å². The smallest absolute Gasteiger partial charge is 0.270 e. The lowest BCUT2D eigenvalue weighted by atomic mass is 10.1. The van der Waals surface area contributed by atoms with E-state index in [2.05, 4.69) is 15.5 Å². The Labute approximate surface area is 121 Å². The minimum Gasteiger partial charge on any atom is -0.333 e. The van der Waals surface area contributed by atoms with E-state index < -0.39 is 11.4 Å². The van der Waals surface area contributed by atoms with Gasteiger partial charge in [0, 0.05) is 5.56 Å². The van der Waals surface area contributed by atoms with Gasteiger partial charge in [-0.1, -0.05) is 0 Å². The maximum Gasteiger partial charge on any atom is 0.270 e. The predicted molar refractivity (Wildman–Crippen MR) is 75.9 cm³/mol. The molecule has 0 unspecified atom stereocenters. The highest BCUT2D eigenvalue weighted by atomic mass is 19.1. The summed E-state index contributed by atoms with van der Waals surface area (Å²) in [6.45, 7) is 4.87. The number of rotatable bonds is 3. The molecule has 0 atom stereocenters. The Morgan fingerprint density at radius 1 is 1.43 bits per heavy atom. The summed E-state index contributed by atoms with van der Waals surface area (Å²) in [6, 6.07) is 8.17. The first-order valence-corrected chi connectivity index (χ1v) is 6.38. The van der Waals surface area contributed by atoms with Crippen LogP contribution in [0.5, 0.6) is 0 Å². The Morgan fingerprint density at radius 3 is 2.76 bits per heavy atom. The summed E-state index contributed by atoms with van der Waals surface area (Å²) in [6.07, 6.45) is 0. The number of H-pyrrole nitrogens is 1. The minimum atomic E-state index is -0.963. The summed E-state index contributed by atoms with van der Waals surface area (Å²) in [4.78, 5) is 12.0. The molecule has 2 aromatic rings. The van der Waals surface area contributed by atoms with E-state index in [-0.39, 0.29) is 11.5 Å². The van der Waals surface area contributed by atoms with Crippen LogP contribution in [0.15, 0.2) is 24.3 Å². The van der Waals surface area contributed by atoms with Crippen LogP contribution in [-0.4, -0.2) is 21.6 Å². The Kier molecular flexibility index (Phi) is 3.76. The van der Waals surface area contributed by atoms with Crippen LogP contribution in [0.2, 0.25) is 0 Å². The van der Waals surface area contributed by atoms with Gasteiger partial charge in [-0.2, -0.15) is 10.4 Å². The largest absolute Gasteiger partial charge is 0.333 e. The number of aryl methyl sites for hydroxylation is 1. The Hall–Kier alpha value is -2.68. The topological polar surface area (TPSA) is 81.6 Å². The first-order valence-electron chi connectivity index (χ1n) is 6.38. The number of halogens is 1. The summed E-state index contributed by atoms with van der Waals surface area (Å²) < 4.78 is 13.2. The number of hydrogen-bond acceptors (Lipinski definition) is 3. The lowest BCUT2D eigenvalue weighted by molar-refractivity contribution is 0.0924. The summed E-state index contributed by atoms with van der Waals surface area (Å²) in [5.41, 5.74) is 1.04. The van der Waals surface area contributed by atoms with Crippen molar-refractivity contribution in [2.75, 3.05) is 0 Å². The SMILES string of the molecule is Cc1cc(-c2cc(C(=O)NC(C)(C)C#N)[nH]n2)ccc1F. The number of nitrogens with one attached hydrogen (secondary N) is 2. The molecule has 5 nitrogen and oxygen atoms in total. The van der Waals surface area contributed by atoms with Gasteiger partial charge in [-0.3, -0.25) is 9.89 Å². The van der Waals surface area contributed by atoms with Gasteiger partial charge in [-0.25, -0.2) is 4.39 Å². The molecule has 6 heteroatoms. The minimum absolute atomic E-state index is 0.246. The highest BCUT2D eigenvalue weighted by Crippen LogP contribution is 2.20. The molecule has 0 saturated heterocycles. The van der Waals surface area contributed by atoms with Crippen molar-refractivity contribution >= 4 is 5.91 Å². The van der Waals surface area contributed by atoms with Gasteiger partial charge in [0.2, 0.25) is 0 Å². The molecule has 0 spiro atoms. The quantitative estimate of drug-likeness (QED) is 0.909. The van der Waals surface area contributed by atoms with Gasteiger partial charge in [-0.15, -0.1) is 0 Å². The zero-order valence-corrected chi connectivity index (χ0v) is 12.0. The van der Waals surface area contributed by atoms with Gasteiger partial charge in [0.1, 0.15) is 17.1 Å². The van der Waals surface area contributed by atoms with Crippen LogP contribution in [0.1, 0.15) is 29.9 Å². The fourth-order valence-electron chi connectivity index (χ4n) is 1.77. The van der Waals surface area contributed by atoms with E-state index in [9.17, 15) is 9.18 Å². The van der Waals surface area contributed by atoms with Crippen molar-refractivity contribution in [1.82, 2.24) is 15.5 Å². The standard InChI is InChI=1S/C15H15FN4O/c1-9-6-10(4-5-11(9)16)12-7-13(20-19-12)14(21)18-15(2,3)8-17/h4-7H,1-3H3,(H,18,21)(H,19,20). The van der Waals surface area contributed by atoms with Crippen LogP contribution in [0.25, 0.3) is 11.3 Å². The fourth-order valence-corrected chi connectivity index (χ4v) is 1.77. The van der Waals surface area contributed by atoms with Gasteiger partial charge < -0.3 is 5.32 Å². The van der Waals surface area contributed by atoms with Crippen LogP contribution in [-0.2, 0) is 0 Å². The van der Waals surface area contributed by atoms with Crippen LogP contribution >= 0.6 is 0 Å². The lowest BCUT2D eigenvalue weighted by Gasteiger charge is -2.16. The molecule has 1 aromatic carbocycles. The molecule has 0 saturated carbocycles. The summed E-state index contributed by atoms with van der Waals surface area (Å²) in [7, 11) is 0. The number of carbonyl (C=O) groups excluding carboxylic acids is 1. The third-order valence-electron chi connectivity index (χ3n) is 2.98. The van der Waals surface area contributed by atoms with E-state index in [0.29, 0.717) is 16.8 Å². The molecule has 0 aliphatic heterocycles. The summed E-state index contributed by atoms with van der Waals surface area (Å²) in [5.74, 6) is -0.706. The Balaban J connectivity index is 2.24. The second-order valence-electron chi connectivity index (χ2n) is 5.32. The molecule has 0 aliphatic rings. The number of nitrogens with zero attached hydrogens (tertiary/aromatic N) is 2. The first kappa shape index (κ1) is 14.7. The monoisotopic (exact) mass is 286 g/mol. The van der Waals surface area contributed by atoms with Crippen molar-refractivity contribution < 1.29 is 9.18 Å². The molecule has 1 aromatic heterocycles.